The minimum Gasteiger partial charge on any atom is -0.326 e. The Hall–Kier alpha value is -2.27. The number of hydrogen-bond acceptors (Lipinski definition) is 4. The number of aryl methyl sites for hydroxylation is 1. The lowest BCUT2D eigenvalue weighted by Crippen LogP contribution is -1.98. The summed E-state index contributed by atoms with van der Waals surface area (Å²) in [5, 5.41) is 0. The van der Waals surface area contributed by atoms with E-state index in [2.05, 4.69) is 32.5 Å². The maximum absolute atomic E-state index is 5.67. The zero-order valence-electron chi connectivity index (χ0n) is 10.7. The Balaban J connectivity index is 2.25. The number of nitrogens with two attached hydrogens (primary N) is 1. The van der Waals surface area contributed by atoms with Gasteiger partial charge in [0.1, 0.15) is 12.2 Å². The van der Waals surface area contributed by atoms with Gasteiger partial charge in [-0.25, -0.2) is 15.0 Å². The Labute approximate surface area is 111 Å². The SMILES string of the molecule is CCn1c(-c2cncnc2)nc2cc(CN)ccc21. The summed E-state index contributed by atoms with van der Waals surface area (Å²) in [5.41, 5.74) is 9.76. The van der Waals surface area contributed by atoms with E-state index in [0.29, 0.717) is 6.54 Å². The summed E-state index contributed by atoms with van der Waals surface area (Å²) in [4.78, 5) is 12.8. The van der Waals surface area contributed by atoms with Crippen LogP contribution in [-0.2, 0) is 13.1 Å². The molecule has 0 spiro atoms. The molecule has 0 atom stereocenters. The molecule has 5 nitrogen and oxygen atoms in total. The molecule has 2 aromatic heterocycles. The lowest BCUT2D eigenvalue weighted by Gasteiger charge is -2.05. The summed E-state index contributed by atoms with van der Waals surface area (Å²) < 4.78 is 2.16. The Morgan fingerprint density at radius 3 is 2.68 bits per heavy atom. The second-order valence-corrected chi connectivity index (χ2v) is 4.33. The van der Waals surface area contributed by atoms with Gasteiger partial charge in [0.2, 0.25) is 0 Å². The van der Waals surface area contributed by atoms with Crippen molar-refractivity contribution in [3.63, 3.8) is 0 Å². The number of imidazole rings is 1. The van der Waals surface area contributed by atoms with E-state index in [1.54, 1.807) is 12.4 Å². The van der Waals surface area contributed by atoms with Crippen molar-refractivity contribution in [2.75, 3.05) is 0 Å². The first kappa shape index (κ1) is 11.8. The maximum atomic E-state index is 5.67. The third kappa shape index (κ3) is 1.98. The average molecular weight is 253 g/mol. The molecule has 0 aliphatic rings. The number of hydrogen-bond donors (Lipinski definition) is 1. The fraction of sp³-hybridized carbons (Fsp3) is 0.214. The standard InChI is InChI=1S/C14H15N5/c1-2-19-13-4-3-10(6-15)5-12(13)18-14(19)11-7-16-9-17-8-11/h3-5,7-9H,2,6,15H2,1H3. The van der Waals surface area contributed by atoms with Gasteiger partial charge < -0.3 is 10.3 Å². The fourth-order valence-electron chi connectivity index (χ4n) is 2.26. The van der Waals surface area contributed by atoms with E-state index in [4.69, 9.17) is 5.73 Å². The van der Waals surface area contributed by atoms with Gasteiger partial charge in [0.15, 0.2) is 0 Å². The Morgan fingerprint density at radius 1 is 1.21 bits per heavy atom. The molecule has 2 N–H and O–H groups in total. The van der Waals surface area contributed by atoms with Gasteiger partial charge in [-0.1, -0.05) is 6.07 Å². The quantitative estimate of drug-likeness (QED) is 0.774. The molecular weight excluding hydrogens is 238 g/mol. The van der Waals surface area contributed by atoms with E-state index in [-0.39, 0.29) is 0 Å². The maximum Gasteiger partial charge on any atom is 0.144 e. The zero-order valence-corrected chi connectivity index (χ0v) is 10.7. The Kier molecular flexibility index (Phi) is 2.97. The van der Waals surface area contributed by atoms with Crippen LogP contribution < -0.4 is 5.73 Å². The van der Waals surface area contributed by atoms with Crippen LogP contribution in [-0.4, -0.2) is 19.5 Å². The predicted molar refractivity (Wildman–Crippen MR) is 74.3 cm³/mol. The van der Waals surface area contributed by atoms with Crippen LogP contribution in [0.5, 0.6) is 0 Å². The summed E-state index contributed by atoms with van der Waals surface area (Å²) in [5.74, 6) is 0.896. The molecule has 0 saturated carbocycles. The van der Waals surface area contributed by atoms with Gasteiger partial charge in [-0.05, 0) is 24.6 Å². The molecule has 0 amide bonds. The topological polar surface area (TPSA) is 69.6 Å². The van der Waals surface area contributed by atoms with Gasteiger partial charge in [-0.3, -0.25) is 0 Å². The largest absolute Gasteiger partial charge is 0.326 e. The van der Waals surface area contributed by atoms with Crippen molar-refractivity contribution >= 4 is 11.0 Å². The molecule has 2 heterocycles. The van der Waals surface area contributed by atoms with Gasteiger partial charge in [-0.2, -0.15) is 0 Å². The smallest absolute Gasteiger partial charge is 0.144 e. The molecule has 19 heavy (non-hydrogen) atoms. The van der Waals surface area contributed by atoms with Crippen LogP contribution in [0.2, 0.25) is 0 Å². The first-order valence-corrected chi connectivity index (χ1v) is 6.28. The van der Waals surface area contributed by atoms with Crippen LogP contribution in [0, 0.1) is 0 Å². The van der Waals surface area contributed by atoms with Crippen LogP contribution in [0.3, 0.4) is 0 Å². The highest BCUT2D eigenvalue weighted by atomic mass is 15.1. The van der Waals surface area contributed by atoms with E-state index in [1.165, 1.54) is 6.33 Å². The first-order valence-electron chi connectivity index (χ1n) is 6.28. The minimum atomic E-state index is 0.526. The normalized spacial score (nSPS) is 11.1. The third-order valence-corrected chi connectivity index (χ3v) is 3.18. The van der Waals surface area contributed by atoms with Gasteiger partial charge in [0, 0.05) is 25.5 Å². The number of rotatable bonds is 3. The van der Waals surface area contributed by atoms with Crippen LogP contribution in [0.15, 0.2) is 36.9 Å². The molecule has 0 aliphatic heterocycles. The monoisotopic (exact) mass is 253 g/mol. The highest BCUT2D eigenvalue weighted by Gasteiger charge is 2.11. The molecule has 0 saturated heterocycles. The molecule has 1 aromatic carbocycles. The van der Waals surface area contributed by atoms with Crippen molar-refractivity contribution in [2.45, 2.75) is 20.0 Å². The number of aromatic nitrogens is 4. The predicted octanol–water partition coefficient (Wildman–Crippen LogP) is 1.97. The highest BCUT2D eigenvalue weighted by Crippen LogP contribution is 2.24. The van der Waals surface area contributed by atoms with Crippen molar-refractivity contribution in [3.8, 4) is 11.4 Å². The molecule has 0 bridgehead atoms. The molecule has 96 valence electrons. The zero-order chi connectivity index (χ0) is 13.2. The summed E-state index contributed by atoms with van der Waals surface area (Å²) in [6.45, 7) is 3.48. The second kappa shape index (κ2) is 4.78. The molecule has 0 fully saturated rings. The third-order valence-electron chi connectivity index (χ3n) is 3.18. The number of benzene rings is 1. The van der Waals surface area contributed by atoms with E-state index in [1.807, 2.05) is 12.1 Å². The summed E-state index contributed by atoms with van der Waals surface area (Å²) in [6, 6.07) is 6.15. The molecular formula is C14H15N5. The van der Waals surface area contributed by atoms with Crippen molar-refractivity contribution in [3.05, 3.63) is 42.5 Å². The van der Waals surface area contributed by atoms with Crippen LogP contribution in [0.4, 0.5) is 0 Å². The fourth-order valence-corrected chi connectivity index (χ4v) is 2.26. The van der Waals surface area contributed by atoms with Crippen molar-refractivity contribution < 1.29 is 0 Å². The molecule has 0 aliphatic carbocycles. The van der Waals surface area contributed by atoms with E-state index in [9.17, 15) is 0 Å². The van der Waals surface area contributed by atoms with Gasteiger partial charge in [0.25, 0.3) is 0 Å². The lowest BCUT2D eigenvalue weighted by atomic mass is 10.2. The average Bonchev–Trinajstić information content (AvgIpc) is 2.85. The van der Waals surface area contributed by atoms with Gasteiger partial charge >= 0.3 is 0 Å². The Morgan fingerprint density at radius 2 is 2.00 bits per heavy atom. The van der Waals surface area contributed by atoms with E-state index >= 15 is 0 Å². The number of fused-ring (bicyclic) bond motifs is 1. The highest BCUT2D eigenvalue weighted by molar-refractivity contribution is 5.81. The Bertz CT molecular complexity index is 702. The second-order valence-electron chi connectivity index (χ2n) is 4.33. The molecule has 0 unspecified atom stereocenters. The van der Waals surface area contributed by atoms with Crippen LogP contribution in [0.25, 0.3) is 22.4 Å². The lowest BCUT2D eigenvalue weighted by molar-refractivity contribution is 0.795. The van der Waals surface area contributed by atoms with E-state index < -0.39 is 0 Å². The van der Waals surface area contributed by atoms with Crippen molar-refractivity contribution in [2.24, 2.45) is 5.73 Å². The van der Waals surface area contributed by atoms with E-state index in [0.717, 1.165) is 34.5 Å². The van der Waals surface area contributed by atoms with Crippen LogP contribution in [0.1, 0.15) is 12.5 Å². The summed E-state index contributed by atoms with van der Waals surface area (Å²) in [6.07, 6.45) is 5.09. The van der Waals surface area contributed by atoms with Crippen molar-refractivity contribution in [1.29, 1.82) is 0 Å². The summed E-state index contributed by atoms with van der Waals surface area (Å²) >= 11 is 0. The molecule has 3 rings (SSSR count). The minimum absolute atomic E-state index is 0.526. The molecule has 0 radical (unpaired) electrons. The van der Waals surface area contributed by atoms with Gasteiger partial charge in [-0.15, -0.1) is 0 Å². The van der Waals surface area contributed by atoms with Crippen molar-refractivity contribution in [1.82, 2.24) is 19.5 Å². The first-order chi connectivity index (χ1) is 9.33. The van der Waals surface area contributed by atoms with Crippen LogP contribution >= 0.6 is 0 Å². The summed E-state index contributed by atoms with van der Waals surface area (Å²) in [7, 11) is 0. The molecule has 5 heteroatoms. The van der Waals surface area contributed by atoms with Gasteiger partial charge in [0.05, 0.1) is 16.6 Å². The molecule has 3 aromatic rings. The number of nitrogens with zero attached hydrogens (tertiary/aromatic N) is 4.